The summed E-state index contributed by atoms with van der Waals surface area (Å²) in [5.41, 5.74) is 1.72. The highest BCUT2D eigenvalue weighted by Crippen LogP contribution is 2.45. The summed E-state index contributed by atoms with van der Waals surface area (Å²) < 4.78 is 0. The van der Waals surface area contributed by atoms with Crippen molar-refractivity contribution in [3.05, 3.63) is 24.5 Å². The summed E-state index contributed by atoms with van der Waals surface area (Å²) in [5, 5.41) is 15.0. The van der Waals surface area contributed by atoms with Gasteiger partial charge in [0, 0.05) is 38.1 Å². The number of nitrogens with zero attached hydrogens (tertiary/aromatic N) is 5. The van der Waals surface area contributed by atoms with Gasteiger partial charge in [0.1, 0.15) is 17.5 Å². The zero-order valence-corrected chi connectivity index (χ0v) is 18.5. The third-order valence-corrected chi connectivity index (χ3v) is 8.05. The number of thiazole rings is 1. The number of rotatable bonds is 5. The second kappa shape index (κ2) is 7.56. The highest BCUT2D eigenvalue weighted by molar-refractivity contribution is 7.18. The molecule has 1 saturated carbocycles. The minimum Gasteiger partial charge on any atom is -0.504 e. The first-order chi connectivity index (χ1) is 15.6. The number of allylic oxidation sites excluding steroid dienone is 1. The number of aldehydes is 1. The third-order valence-electron chi connectivity index (χ3n) is 6.99. The van der Waals surface area contributed by atoms with Crippen LogP contribution in [0.25, 0.3) is 21.9 Å². The van der Waals surface area contributed by atoms with E-state index < -0.39 is 0 Å². The van der Waals surface area contributed by atoms with Gasteiger partial charge in [-0.15, -0.1) is 0 Å². The average molecular weight is 452 g/mol. The first-order valence-electron chi connectivity index (χ1n) is 11.0. The quantitative estimate of drug-likeness (QED) is 0.401. The van der Waals surface area contributed by atoms with Crippen LogP contribution in [-0.4, -0.2) is 75.5 Å². The van der Waals surface area contributed by atoms with Gasteiger partial charge >= 0.3 is 0 Å². The van der Waals surface area contributed by atoms with E-state index in [4.69, 9.17) is 0 Å². The van der Waals surface area contributed by atoms with Gasteiger partial charge in [-0.25, -0.2) is 15.0 Å². The Morgan fingerprint density at radius 1 is 1.19 bits per heavy atom. The summed E-state index contributed by atoms with van der Waals surface area (Å²) in [6, 6.07) is -0.0435. The molecule has 6 rings (SSSR count). The maximum atomic E-state index is 11.7. The number of pyridine rings is 1. The molecule has 0 radical (unpaired) electrons. The first kappa shape index (κ1) is 19.7. The van der Waals surface area contributed by atoms with Crippen LogP contribution in [-0.2, 0) is 4.79 Å². The zero-order valence-electron chi connectivity index (χ0n) is 17.7. The molecule has 2 bridgehead atoms. The number of H-pyrrole nitrogens is 1. The van der Waals surface area contributed by atoms with E-state index in [-0.39, 0.29) is 29.5 Å². The maximum absolute atomic E-state index is 11.7. The van der Waals surface area contributed by atoms with E-state index in [0.29, 0.717) is 22.7 Å². The Morgan fingerprint density at radius 2 is 2.00 bits per heavy atom. The van der Waals surface area contributed by atoms with Crippen molar-refractivity contribution in [1.82, 2.24) is 24.8 Å². The normalized spacial score (nSPS) is 27.5. The van der Waals surface area contributed by atoms with Gasteiger partial charge in [-0.3, -0.25) is 0 Å². The fourth-order valence-corrected chi connectivity index (χ4v) is 6.06. The standard InChI is InChI=1S/C22H25N7O2S/c1-28-4-6-29(7-5-28)22-24-10-16(32-22)20-26-19-18(15(31)9-23-21(19)27-20)25-17-13-3-2-12(8-13)14(17)11-30/h2-3,9-14,17,31H,4-8H2,1H3,(H2,23,25,26,27). The van der Waals surface area contributed by atoms with E-state index >= 15 is 0 Å². The van der Waals surface area contributed by atoms with Crippen molar-refractivity contribution in [2.45, 2.75) is 12.5 Å². The molecular weight excluding hydrogens is 426 g/mol. The van der Waals surface area contributed by atoms with Crippen LogP contribution in [0.15, 0.2) is 24.5 Å². The molecule has 2 aliphatic carbocycles. The molecule has 3 aliphatic rings. The first-order valence-corrected chi connectivity index (χ1v) is 11.8. The number of aromatic nitrogens is 4. The van der Waals surface area contributed by atoms with E-state index in [2.05, 4.69) is 54.3 Å². The van der Waals surface area contributed by atoms with Crippen LogP contribution in [0, 0.1) is 17.8 Å². The Balaban J connectivity index is 1.31. The van der Waals surface area contributed by atoms with Gasteiger partial charge in [-0.05, 0) is 25.3 Å². The van der Waals surface area contributed by atoms with Gasteiger partial charge in [0.15, 0.2) is 22.4 Å². The summed E-state index contributed by atoms with van der Waals surface area (Å²) in [6.45, 7) is 3.97. The molecule has 0 amide bonds. The van der Waals surface area contributed by atoms with Crippen molar-refractivity contribution in [3.8, 4) is 16.5 Å². The van der Waals surface area contributed by atoms with Crippen LogP contribution in [0.2, 0.25) is 0 Å². The molecule has 32 heavy (non-hydrogen) atoms. The van der Waals surface area contributed by atoms with Crippen molar-refractivity contribution in [2.24, 2.45) is 17.8 Å². The van der Waals surface area contributed by atoms with Gasteiger partial charge in [-0.1, -0.05) is 23.5 Å². The molecule has 9 nitrogen and oxygen atoms in total. The SMILES string of the molecule is CN1CCN(c2ncc(-c3nc4ncc(O)c(NC5C6C=CC(C6)C5C=O)c4[nH]3)s2)CC1. The van der Waals surface area contributed by atoms with Gasteiger partial charge < -0.3 is 30.0 Å². The smallest absolute Gasteiger partial charge is 0.186 e. The van der Waals surface area contributed by atoms with Crippen LogP contribution in [0.5, 0.6) is 5.75 Å². The molecule has 0 spiro atoms. The number of carbonyl (C=O) groups excluding carboxylic acids is 1. The van der Waals surface area contributed by atoms with Crippen molar-refractivity contribution < 1.29 is 9.90 Å². The Labute approximate surface area is 189 Å². The van der Waals surface area contributed by atoms with E-state index in [9.17, 15) is 9.90 Å². The number of likely N-dealkylation sites (N-methyl/N-ethyl adjacent to an activating group) is 1. The van der Waals surface area contributed by atoms with Crippen molar-refractivity contribution in [2.75, 3.05) is 43.4 Å². The van der Waals surface area contributed by atoms with Crippen LogP contribution in [0.4, 0.5) is 10.8 Å². The predicted octanol–water partition coefficient (Wildman–Crippen LogP) is 2.34. The number of imidazole rings is 1. The monoisotopic (exact) mass is 451 g/mol. The molecule has 1 saturated heterocycles. The predicted molar refractivity (Wildman–Crippen MR) is 124 cm³/mol. The lowest BCUT2D eigenvalue weighted by molar-refractivity contribution is -0.111. The molecule has 3 N–H and O–H groups in total. The molecule has 4 atom stereocenters. The number of nitrogens with one attached hydrogen (secondary N) is 2. The lowest BCUT2D eigenvalue weighted by Gasteiger charge is -2.32. The molecule has 2 fully saturated rings. The molecule has 4 heterocycles. The largest absolute Gasteiger partial charge is 0.504 e. The summed E-state index contributed by atoms with van der Waals surface area (Å²) in [4.78, 5) is 34.2. The number of aromatic hydroxyl groups is 1. The molecule has 10 heteroatoms. The Hall–Kier alpha value is -2.98. The van der Waals surface area contributed by atoms with E-state index in [1.165, 1.54) is 6.20 Å². The number of piperazine rings is 1. The number of carbonyl (C=O) groups is 1. The maximum Gasteiger partial charge on any atom is 0.186 e. The molecule has 3 aromatic rings. The van der Waals surface area contributed by atoms with Crippen LogP contribution < -0.4 is 10.2 Å². The Kier molecular flexibility index (Phi) is 4.65. The number of hydrogen-bond donors (Lipinski definition) is 3. The van der Waals surface area contributed by atoms with Gasteiger partial charge in [0.2, 0.25) is 0 Å². The molecule has 166 valence electrons. The van der Waals surface area contributed by atoms with Gasteiger partial charge in [-0.2, -0.15) is 0 Å². The third kappa shape index (κ3) is 3.17. The van der Waals surface area contributed by atoms with Crippen molar-refractivity contribution >= 4 is 39.6 Å². The number of aromatic amines is 1. The zero-order chi connectivity index (χ0) is 21.8. The average Bonchev–Trinajstić information content (AvgIpc) is 3.58. The van der Waals surface area contributed by atoms with Crippen LogP contribution >= 0.6 is 11.3 Å². The molecule has 4 unspecified atom stereocenters. The summed E-state index contributed by atoms with van der Waals surface area (Å²) in [7, 11) is 2.14. The molecular formula is C22H25N7O2S. The van der Waals surface area contributed by atoms with E-state index in [1.54, 1.807) is 11.3 Å². The number of anilines is 2. The second-order valence-corrected chi connectivity index (χ2v) is 9.94. The van der Waals surface area contributed by atoms with E-state index in [1.807, 2.05) is 6.20 Å². The fraction of sp³-hybridized carbons (Fsp3) is 0.455. The second-order valence-electron chi connectivity index (χ2n) is 8.93. The fourth-order valence-electron chi connectivity index (χ4n) is 5.14. The van der Waals surface area contributed by atoms with Crippen LogP contribution in [0.1, 0.15) is 6.42 Å². The Morgan fingerprint density at radius 3 is 2.81 bits per heavy atom. The number of hydrogen-bond acceptors (Lipinski definition) is 9. The lowest BCUT2D eigenvalue weighted by Crippen LogP contribution is -2.44. The summed E-state index contributed by atoms with van der Waals surface area (Å²) >= 11 is 1.60. The highest BCUT2D eigenvalue weighted by Gasteiger charge is 2.44. The summed E-state index contributed by atoms with van der Waals surface area (Å²) in [5.74, 6) is 1.19. The highest BCUT2D eigenvalue weighted by atomic mass is 32.1. The van der Waals surface area contributed by atoms with E-state index in [0.717, 1.165) is 48.9 Å². The minimum atomic E-state index is -0.0948. The number of fused-ring (bicyclic) bond motifs is 3. The molecule has 3 aromatic heterocycles. The van der Waals surface area contributed by atoms with Crippen molar-refractivity contribution in [3.63, 3.8) is 0 Å². The van der Waals surface area contributed by atoms with Gasteiger partial charge in [0.05, 0.1) is 17.3 Å². The molecule has 1 aliphatic heterocycles. The molecule has 0 aromatic carbocycles. The summed E-state index contributed by atoms with van der Waals surface area (Å²) in [6.07, 6.45) is 9.58. The van der Waals surface area contributed by atoms with Crippen LogP contribution in [0.3, 0.4) is 0 Å². The minimum absolute atomic E-state index is 0.0435. The lowest BCUT2D eigenvalue weighted by atomic mass is 9.90. The van der Waals surface area contributed by atoms with Gasteiger partial charge in [0.25, 0.3) is 0 Å². The Bertz CT molecular complexity index is 1200. The topological polar surface area (TPSA) is 110 Å². The van der Waals surface area contributed by atoms with Crippen molar-refractivity contribution in [1.29, 1.82) is 0 Å².